The van der Waals surface area contributed by atoms with E-state index in [2.05, 4.69) is 5.32 Å². The van der Waals surface area contributed by atoms with Gasteiger partial charge in [0, 0.05) is 18.4 Å². The second-order valence-corrected chi connectivity index (χ2v) is 6.70. The lowest BCUT2D eigenvalue weighted by atomic mass is 9.88. The van der Waals surface area contributed by atoms with E-state index in [1.165, 1.54) is 0 Å². The third kappa shape index (κ3) is 2.95. The van der Waals surface area contributed by atoms with Crippen LogP contribution in [0, 0.1) is 0 Å². The van der Waals surface area contributed by atoms with Crippen LogP contribution in [0.5, 0.6) is 0 Å². The fourth-order valence-corrected chi connectivity index (χ4v) is 3.96. The molecular formula is C12H21NO3S. The van der Waals surface area contributed by atoms with Gasteiger partial charge in [-0.3, -0.25) is 10.1 Å². The number of ether oxygens (including phenoxy) is 1. The van der Waals surface area contributed by atoms with Gasteiger partial charge in [0.25, 0.3) is 0 Å². The normalized spacial score (nSPS) is 34.1. The number of carboxylic acids is 1. The van der Waals surface area contributed by atoms with Gasteiger partial charge in [0.1, 0.15) is 5.54 Å². The maximum absolute atomic E-state index is 11.1. The van der Waals surface area contributed by atoms with E-state index in [1.54, 1.807) is 13.8 Å². The van der Waals surface area contributed by atoms with Gasteiger partial charge >= 0.3 is 5.97 Å². The van der Waals surface area contributed by atoms with Gasteiger partial charge in [0.2, 0.25) is 0 Å². The highest BCUT2D eigenvalue weighted by molar-refractivity contribution is 7.99. The Bertz CT molecular complexity index is 300. The Kier molecular flexibility index (Phi) is 3.71. The molecule has 2 unspecified atom stereocenters. The summed E-state index contributed by atoms with van der Waals surface area (Å²) >= 11 is 1.94. The fourth-order valence-electron chi connectivity index (χ4n) is 2.59. The first kappa shape index (κ1) is 13.2. The zero-order valence-electron chi connectivity index (χ0n) is 10.5. The van der Waals surface area contributed by atoms with Crippen LogP contribution >= 0.6 is 11.8 Å². The van der Waals surface area contributed by atoms with E-state index in [-0.39, 0.29) is 11.6 Å². The zero-order valence-corrected chi connectivity index (χ0v) is 11.3. The maximum atomic E-state index is 11.1. The topological polar surface area (TPSA) is 58.6 Å². The number of thioether (sulfide) groups is 1. The summed E-state index contributed by atoms with van der Waals surface area (Å²) in [5.74, 6) is 1.42. The van der Waals surface area contributed by atoms with Gasteiger partial charge < -0.3 is 9.84 Å². The molecule has 17 heavy (non-hydrogen) atoms. The summed E-state index contributed by atoms with van der Waals surface area (Å²) in [7, 11) is 0. The molecule has 0 aromatic carbocycles. The highest BCUT2D eigenvalue weighted by Crippen LogP contribution is 2.38. The van der Waals surface area contributed by atoms with E-state index >= 15 is 0 Å². The molecule has 98 valence electrons. The summed E-state index contributed by atoms with van der Waals surface area (Å²) in [5.41, 5.74) is -0.843. The molecule has 2 N–H and O–H groups in total. The fraction of sp³-hybridized carbons (Fsp3) is 0.917. The summed E-state index contributed by atoms with van der Waals surface area (Å²) in [6, 6.07) is 0.258. The molecule has 0 saturated carbocycles. The average Bonchev–Trinajstić information content (AvgIpc) is 2.65. The first-order chi connectivity index (χ1) is 7.94. The molecule has 5 heteroatoms. The third-order valence-electron chi connectivity index (χ3n) is 3.66. The van der Waals surface area contributed by atoms with E-state index in [9.17, 15) is 4.79 Å². The zero-order chi connectivity index (χ0) is 12.5. The number of aliphatic carboxylic acids is 1. The average molecular weight is 259 g/mol. The Hall–Kier alpha value is -0.260. The molecule has 2 rings (SSSR count). The van der Waals surface area contributed by atoms with Crippen molar-refractivity contribution in [2.45, 2.75) is 50.3 Å². The molecule has 2 fully saturated rings. The van der Waals surface area contributed by atoms with Crippen LogP contribution in [0.1, 0.15) is 33.1 Å². The van der Waals surface area contributed by atoms with Crippen LogP contribution in [-0.2, 0) is 9.53 Å². The molecule has 1 spiro atoms. The number of hydrogen-bond donors (Lipinski definition) is 2. The molecule has 2 atom stereocenters. The molecule has 0 aliphatic carbocycles. The van der Waals surface area contributed by atoms with Crippen LogP contribution in [0.15, 0.2) is 0 Å². The Morgan fingerprint density at radius 3 is 2.94 bits per heavy atom. The molecule has 2 aliphatic heterocycles. The molecule has 2 aliphatic rings. The van der Waals surface area contributed by atoms with Gasteiger partial charge in [-0.1, -0.05) is 0 Å². The van der Waals surface area contributed by atoms with Crippen molar-refractivity contribution in [1.29, 1.82) is 0 Å². The molecule has 2 heterocycles. The summed E-state index contributed by atoms with van der Waals surface area (Å²) in [6.45, 7) is 4.19. The van der Waals surface area contributed by atoms with Crippen LogP contribution < -0.4 is 5.32 Å². The lowest BCUT2D eigenvalue weighted by Crippen LogP contribution is -2.56. The van der Waals surface area contributed by atoms with Gasteiger partial charge in [0.15, 0.2) is 0 Å². The van der Waals surface area contributed by atoms with Crippen molar-refractivity contribution in [3.05, 3.63) is 0 Å². The van der Waals surface area contributed by atoms with Crippen LogP contribution in [0.2, 0.25) is 0 Å². The minimum absolute atomic E-state index is 0.00909. The largest absolute Gasteiger partial charge is 0.480 e. The van der Waals surface area contributed by atoms with Crippen molar-refractivity contribution >= 4 is 17.7 Å². The van der Waals surface area contributed by atoms with Crippen LogP contribution in [0.3, 0.4) is 0 Å². The van der Waals surface area contributed by atoms with E-state index in [0.29, 0.717) is 0 Å². The first-order valence-corrected chi connectivity index (χ1v) is 7.32. The van der Waals surface area contributed by atoms with Crippen molar-refractivity contribution in [2.75, 3.05) is 18.1 Å². The van der Waals surface area contributed by atoms with Crippen LogP contribution in [0.4, 0.5) is 0 Å². The number of rotatable bonds is 3. The number of carboxylic acid groups (broad SMARTS) is 1. The highest BCUT2D eigenvalue weighted by atomic mass is 32.2. The molecule has 0 aromatic heterocycles. The second-order valence-electron chi connectivity index (χ2n) is 5.60. The summed E-state index contributed by atoms with van der Waals surface area (Å²) in [5, 5.41) is 12.4. The molecule has 0 bridgehead atoms. The lowest BCUT2D eigenvalue weighted by Gasteiger charge is -2.40. The summed E-state index contributed by atoms with van der Waals surface area (Å²) in [4.78, 5) is 11.1. The Balaban J connectivity index is 1.96. The van der Waals surface area contributed by atoms with Crippen molar-refractivity contribution in [3.63, 3.8) is 0 Å². The van der Waals surface area contributed by atoms with E-state index in [1.807, 2.05) is 11.8 Å². The van der Waals surface area contributed by atoms with Crippen molar-refractivity contribution in [3.8, 4) is 0 Å². The predicted octanol–water partition coefficient (Wildman–Crippen LogP) is 1.49. The number of nitrogens with one attached hydrogen (secondary N) is 1. The van der Waals surface area contributed by atoms with Crippen molar-refractivity contribution in [1.82, 2.24) is 5.32 Å². The minimum Gasteiger partial charge on any atom is -0.480 e. The minimum atomic E-state index is -0.852. The van der Waals surface area contributed by atoms with Gasteiger partial charge in [0.05, 0.1) is 5.60 Å². The molecule has 0 aromatic rings. The van der Waals surface area contributed by atoms with Gasteiger partial charge in [-0.15, -0.1) is 0 Å². The van der Waals surface area contributed by atoms with E-state index in [0.717, 1.165) is 37.4 Å². The first-order valence-electron chi connectivity index (χ1n) is 6.16. The Morgan fingerprint density at radius 1 is 1.59 bits per heavy atom. The lowest BCUT2D eigenvalue weighted by molar-refractivity contribution is -0.144. The quantitative estimate of drug-likeness (QED) is 0.804. The monoisotopic (exact) mass is 259 g/mol. The molecule has 2 saturated heterocycles. The number of carbonyl (C=O) groups is 1. The van der Waals surface area contributed by atoms with E-state index in [4.69, 9.17) is 9.84 Å². The summed E-state index contributed by atoms with van der Waals surface area (Å²) < 4.78 is 5.92. The smallest absolute Gasteiger partial charge is 0.323 e. The highest BCUT2D eigenvalue weighted by Gasteiger charge is 2.42. The molecule has 0 radical (unpaired) electrons. The van der Waals surface area contributed by atoms with Gasteiger partial charge in [-0.25, -0.2) is 0 Å². The number of hydrogen-bond acceptors (Lipinski definition) is 4. The second kappa shape index (κ2) is 4.78. The van der Waals surface area contributed by atoms with Gasteiger partial charge in [-0.05, 0) is 38.9 Å². The molecule has 0 amide bonds. The third-order valence-corrected chi connectivity index (χ3v) is 4.88. The van der Waals surface area contributed by atoms with Crippen molar-refractivity contribution < 1.29 is 14.6 Å². The van der Waals surface area contributed by atoms with Crippen molar-refractivity contribution in [2.24, 2.45) is 0 Å². The predicted molar refractivity (Wildman–Crippen MR) is 68.5 cm³/mol. The molecular weight excluding hydrogens is 238 g/mol. The van der Waals surface area contributed by atoms with Crippen LogP contribution in [-0.4, -0.2) is 46.4 Å². The van der Waals surface area contributed by atoms with Crippen LogP contribution in [0.25, 0.3) is 0 Å². The summed E-state index contributed by atoms with van der Waals surface area (Å²) in [6.07, 6.45) is 2.95. The maximum Gasteiger partial charge on any atom is 0.323 e. The van der Waals surface area contributed by atoms with Gasteiger partial charge in [-0.2, -0.15) is 11.8 Å². The molecule has 4 nitrogen and oxygen atoms in total. The van der Waals surface area contributed by atoms with E-state index < -0.39 is 11.5 Å². The Morgan fingerprint density at radius 2 is 2.35 bits per heavy atom. The Labute approximate surface area is 106 Å². The standard InChI is InChI=1S/C12H21NO3S/c1-11(2,10(14)15)13-9-3-5-16-12(7-9)4-6-17-8-12/h9,13H,3-8H2,1-2H3,(H,14,15). The SMILES string of the molecule is CC(C)(NC1CCOC2(CCSC2)C1)C(=O)O.